The number of H-pyrrole nitrogens is 1. The number of aromatic nitrogens is 2. The van der Waals surface area contributed by atoms with Crippen LogP contribution in [0.4, 0.5) is 4.39 Å². The van der Waals surface area contributed by atoms with Crippen molar-refractivity contribution in [3.63, 3.8) is 0 Å². The van der Waals surface area contributed by atoms with Gasteiger partial charge < -0.3 is 4.90 Å². The number of benzene rings is 2. The summed E-state index contributed by atoms with van der Waals surface area (Å²) in [4.78, 5) is 39.4. The van der Waals surface area contributed by atoms with Gasteiger partial charge in [-0.15, -0.1) is 0 Å². The number of nitrogens with one attached hydrogen (secondary N) is 2. The van der Waals surface area contributed by atoms with Crippen molar-refractivity contribution in [2.45, 2.75) is 19.3 Å². The van der Waals surface area contributed by atoms with Crippen LogP contribution in [0.2, 0.25) is 0 Å². The number of halogens is 1. The molecule has 0 saturated heterocycles. The van der Waals surface area contributed by atoms with E-state index in [0.717, 1.165) is 29.5 Å². The third-order valence-corrected chi connectivity index (χ3v) is 6.69. The molecule has 1 fully saturated rings. The number of hydrazine groups is 1. The quantitative estimate of drug-likeness (QED) is 0.623. The van der Waals surface area contributed by atoms with Gasteiger partial charge in [0.2, 0.25) is 5.91 Å². The van der Waals surface area contributed by atoms with Crippen molar-refractivity contribution >= 4 is 22.6 Å². The Labute approximate surface area is 194 Å². The fourth-order valence-corrected chi connectivity index (χ4v) is 4.71. The summed E-state index contributed by atoms with van der Waals surface area (Å²) in [7, 11) is 0. The number of aromatic amines is 1. The average Bonchev–Trinajstić information content (AvgIpc) is 3.50. The molecule has 2 N–H and O–H groups in total. The standard InChI is InChI=1S/C25H22FN5O3/c26-20-8-5-14(10-21-17-3-1-2-4-18(17)23(32)29-28-21)9-19(20)25(34)30-12-16-11-27-31(22(16)13-30)24(33)15-6-7-15/h1-5,8-9,15,27H,6-7,10-13H2,(H,29,32). The Bertz CT molecular complexity index is 1440. The third-order valence-electron chi connectivity index (χ3n) is 6.69. The molecule has 6 rings (SSSR count). The van der Waals surface area contributed by atoms with Gasteiger partial charge in [0.15, 0.2) is 0 Å². The van der Waals surface area contributed by atoms with Crippen LogP contribution in [0.1, 0.15) is 34.5 Å². The lowest BCUT2D eigenvalue weighted by atomic mass is 10.0. The second-order valence-electron chi connectivity index (χ2n) is 9.03. The number of hydrogen-bond donors (Lipinski definition) is 2. The fourth-order valence-electron chi connectivity index (χ4n) is 4.71. The van der Waals surface area contributed by atoms with E-state index < -0.39 is 11.7 Å². The number of rotatable bonds is 4. The Morgan fingerprint density at radius 1 is 1.09 bits per heavy atom. The summed E-state index contributed by atoms with van der Waals surface area (Å²) in [5.41, 5.74) is 5.98. The molecule has 8 nitrogen and oxygen atoms in total. The van der Waals surface area contributed by atoms with E-state index in [0.29, 0.717) is 36.2 Å². The van der Waals surface area contributed by atoms with Gasteiger partial charge in [-0.1, -0.05) is 24.3 Å². The number of nitrogens with zero attached hydrogens (tertiary/aromatic N) is 3. The van der Waals surface area contributed by atoms with Gasteiger partial charge in [-0.25, -0.2) is 19.9 Å². The summed E-state index contributed by atoms with van der Waals surface area (Å²) >= 11 is 0. The lowest BCUT2D eigenvalue weighted by Gasteiger charge is -2.24. The summed E-state index contributed by atoms with van der Waals surface area (Å²) in [6.45, 7) is 1.16. The molecule has 0 unspecified atom stereocenters. The van der Waals surface area contributed by atoms with Gasteiger partial charge in [0.1, 0.15) is 5.82 Å². The first-order chi connectivity index (χ1) is 16.5. The molecule has 9 heteroatoms. The van der Waals surface area contributed by atoms with E-state index in [1.54, 1.807) is 34.2 Å². The highest BCUT2D eigenvalue weighted by atomic mass is 19.1. The molecule has 1 aromatic heterocycles. The first-order valence-corrected chi connectivity index (χ1v) is 11.3. The van der Waals surface area contributed by atoms with E-state index in [9.17, 15) is 18.8 Å². The van der Waals surface area contributed by atoms with Crippen molar-refractivity contribution in [1.29, 1.82) is 0 Å². The second kappa shape index (κ2) is 7.88. The number of fused-ring (bicyclic) bond motifs is 1. The molecule has 1 aliphatic carbocycles. The summed E-state index contributed by atoms with van der Waals surface area (Å²) in [6, 6.07) is 11.6. The largest absolute Gasteiger partial charge is 0.329 e. The minimum absolute atomic E-state index is 0.0135. The molecule has 3 aromatic rings. The Morgan fingerprint density at radius 2 is 1.88 bits per heavy atom. The lowest BCUT2D eigenvalue weighted by molar-refractivity contribution is -0.132. The van der Waals surface area contributed by atoms with Crippen LogP contribution in [-0.4, -0.2) is 51.6 Å². The van der Waals surface area contributed by atoms with Crippen LogP contribution < -0.4 is 11.0 Å². The van der Waals surface area contributed by atoms with Gasteiger partial charge in [-0.3, -0.25) is 14.4 Å². The van der Waals surface area contributed by atoms with E-state index >= 15 is 0 Å². The summed E-state index contributed by atoms with van der Waals surface area (Å²) < 4.78 is 14.7. The predicted octanol–water partition coefficient (Wildman–Crippen LogP) is 2.12. The zero-order valence-electron chi connectivity index (χ0n) is 18.3. The average molecular weight is 459 g/mol. The molecule has 2 aliphatic heterocycles. The Hall–Kier alpha value is -3.85. The molecule has 172 valence electrons. The van der Waals surface area contributed by atoms with Crippen LogP contribution in [0.3, 0.4) is 0 Å². The Kier molecular flexibility index (Phi) is 4.80. The van der Waals surface area contributed by atoms with Crippen molar-refractivity contribution in [3.05, 3.63) is 86.7 Å². The second-order valence-corrected chi connectivity index (χ2v) is 9.03. The van der Waals surface area contributed by atoms with Crippen molar-refractivity contribution in [3.8, 4) is 0 Å². The van der Waals surface area contributed by atoms with Crippen LogP contribution in [0.15, 0.2) is 58.5 Å². The van der Waals surface area contributed by atoms with E-state index in [1.165, 1.54) is 6.07 Å². The fraction of sp³-hybridized carbons (Fsp3) is 0.280. The lowest BCUT2D eigenvalue weighted by Crippen LogP contribution is -2.43. The highest BCUT2D eigenvalue weighted by molar-refractivity contribution is 5.96. The van der Waals surface area contributed by atoms with Gasteiger partial charge in [0.25, 0.3) is 11.5 Å². The Morgan fingerprint density at radius 3 is 2.68 bits per heavy atom. The van der Waals surface area contributed by atoms with Crippen molar-refractivity contribution in [1.82, 2.24) is 25.5 Å². The number of hydrogen-bond acceptors (Lipinski definition) is 5. The topological polar surface area (TPSA) is 98.4 Å². The minimum atomic E-state index is -0.593. The van der Waals surface area contributed by atoms with Crippen LogP contribution in [0.5, 0.6) is 0 Å². The van der Waals surface area contributed by atoms with E-state index in [2.05, 4.69) is 15.6 Å². The maximum atomic E-state index is 14.7. The molecule has 2 amide bonds. The number of carbonyl (C=O) groups is 2. The molecule has 3 aliphatic rings. The normalized spacial score (nSPS) is 17.6. The molecular formula is C25H22FN5O3. The molecule has 1 saturated carbocycles. The zero-order chi connectivity index (χ0) is 23.4. The molecule has 0 bridgehead atoms. The van der Waals surface area contributed by atoms with Gasteiger partial charge >= 0.3 is 0 Å². The van der Waals surface area contributed by atoms with Crippen molar-refractivity contribution in [2.75, 3.05) is 19.6 Å². The molecule has 2 aromatic carbocycles. The van der Waals surface area contributed by atoms with Crippen LogP contribution in [0.25, 0.3) is 10.8 Å². The van der Waals surface area contributed by atoms with E-state index in [-0.39, 0.29) is 29.5 Å². The van der Waals surface area contributed by atoms with Crippen LogP contribution in [-0.2, 0) is 11.2 Å². The number of amides is 2. The van der Waals surface area contributed by atoms with Gasteiger partial charge in [0, 0.05) is 30.8 Å². The van der Waals surface area contributed by atoms with Crippen LogP contribution >= 0.6 is 0 Å². The van der Waals surface area contributed by atoms with Crippen LogP contribution in [0, 0.1) is 11.7 Å². The molecule has 0 spiro atoms. The van der Waals surface area contributed by atoms with Gasteiger partial charge in [0.05, 0.1) is 28.9 Å². The first-order valence-electron chi connectivity index (χ1n) is 11.3. The first kappa shape index (κ1) is 20.7. The third kappa shape index (κ3) is 3.49. The number of carbonyl (C=O) groups excluding carboxylic acids is 2. The molecular weight excluding hydrogens is 437 g/mol. The van der Waals surface area contributed by atoms with Gasteiger partial charge in [-0.2, -0.15) is 5.10 Å². The van der Waals surface area contributed by atoms with Crippen molar-refractivity contribution < 1.29 is 14.0 Å². The van der Waals surface area contributed by atoms with E-state index in [4.69, 9.17) is 0 Å². The maximum Gasteiger partial charge on any atom is 0.272 e. The molecule has 34 heavy (non-hydrogen) atoms. The highest BCUT2D eigenvalue weighted by Gasteiger charge is 2.41. The minimum Gasteiger partial charge on any atom is -0.329 e. The summed E-state index contributed by atoms with van der Waals surface area (Å²) in [6.07, 6.45) is 2.14. The smallest absolute Gasteiger partial charge is 0.272 e. The predicted molar refractivity (Wildman–Crippen MR) is 122 cm³/mol. The van der Waals surface area contributed by atoms with E-state index in [1.807, 2.05) is 12.1 Å². The highest BCUT2D eigenvalue weighted by Crippen LogP contribution is 2.35. The molecule has 0 atom stereocenters. The summed E-state index contributed by atoms with van der Waals surface area (Å²) in [5, 5.41) is 9.52. The Balaban J connectivity index is 1.24. The maximum absolute atomic E-state index is 14.7. The zero-order valence-corrected chi connectivity index (χ0v) is 18.3. The SMILES string of the molecule is O=C(c1cc(Cc2n[nH]c(=O)c3ccccc23)ccc1F)N1CC2=C(C1)N(C(=O)C1CC1)NC2. The molecule has 3 heterocycles. The molecule has 0 radical (unpaired) electrons. The van der Waals surface area contributed by atoms with Crippen molar-refractivity contribution in [2.24, 2.45) is 5.92 Å². The van der Waals surface area contributed by atoms with Gasteiger partial charge in [-0.05, 0) is 42.2 Å². The summed E-state index contributed by atoms with van der Waals surface area (Å²) in [5.74, 6) is -0.889. The monoisotopic (exact) mass is 459 g/mol.